The first kappa shape index (κ1) is 85.2. The Kier molecular flexibility index (Phi) is 171. The summed E-state index contributed by atoms with van der Waals surface area (Å²) in [5.74, 6) is 0. The zero-order chi connectivity index (χ0) is 42.0. The second-order valence-electron chi connectivity index (χ2n) is 9.75. The first-order valence-electron chi connectivity index (χ1n) is 17.3. The van der Waals surface area contributed by atoms with Crippen molar-refractivity contribution in [2.45, 2.75) is 134 Å². The van der Waals surface area contributed by atoms with Gasteiger partial charge in [-0.05, 0) is 34.6 Å². The Hall–Kier alpha value is 0.881. The summed E-state index contributed by atoms with van der Waals surface area (Å²) >= 11 is 0. The Morgan fingerprint density at radius 2 is 0.365 bits per heavy atom. The summed E-state index contributed by atoms with van der Waals surface area (Å²) in [5.41, 5.74) is 0. The van der Waals surface area contributed by atoms with Gasteiger partial charge >= 0.3 is 44.8 Å². The summed E-state index contributed by atoms with van der Waals surface area (Å²) in [6.07, 6.45) is -2.08. The minimum Gasteiger partial charge on any atom is -0.853 e. The summed E-state index contributed by atoms with van der Waals surface area (Å²) in [6, 6.07) is 0. The van der Waals surface area contributed by atoms with Crippen LogP contribution in [0.15, 0.2) is 0 Å². The molecule has 0 aliphatic carbocycles. The Balaban J connectivity index is -0.0000000342. The minimum atomic E-state index is -0.417. The van der Waals surface area contributed by atoms with Crippen LogP contribution >= 0.6 is 0 Å². The molecule has 15 nitrogen and oxygen atoms in total. The van der Waals surface area contributed by atoms with Crippen molar-refractivity contribution in [1.82, 2.24) is 0 Å². The standard InChI is InChI=1S/5C4H9O2.5C3H7O.2Nb/c5*1-2-6-4-3-5;5*1-3(2)4;;/h5*2-4H2,1H3;5*3H,1-2H3;;/q10*-1;2*+5. The summed E-state index contributed by atoms with van der Waals surface area (Å²) in [6.45, 7) is 29.9. The van der Waals surface area contributed by atoms with Crippen molar-refractivity contribution in [2.75, 3.05) is 99.1 Å². The molecule has 0 rings (SSSR count). The van der Waals surface area contributed by atoms with Crippen molar-refractivity contribution in [2.24, 2.45) is 0 Å². The van der Waals surface area contributed by atoms with Gasteiger partial charge < -0.3 is 74.7 Å². The summed E-state index contributed by atoms with van der Waals surface area (Å²) in [5, 5.41) is 95.5. The third kappa shape index (κ3) is 502. The maximum Gasteiger partial charge on any atom is 5.00 e. The van der Waals surface area contributed by atoms with Gasteiger partial charge in [-0.2, -0.15) is 0 Å². The molecule has 0 saturated carbocycles. The molecule has 0 aromatic heterocycles. The van der Waals surface area contributed by atoms with Gasteiger partial charge in [0.15, 0.2) is 0 Å². The molecule has 0 heterocycles. The fourth-order valence-corrected chi connectivity index (χ4v) is 1.02. The molecule has 0 N–H and O–H groups in total. The van der Waals surface area contributed by atoms with E-state index in [4.69, 9.17) is 0 Å². The molecular formula is C35H80Nb2O15. The minimum absolute atomic E-state index is 0. The molecule has 0 aromatic rings. The van der Waals surface area contributed by atoms with E-state index in [0.29, 0.717) is 66.1 Å². The van der Waals surface area contributed by atoms with Crippen molar-refractivity contribution in [3.8, 4) is 0 Å². The van der Waals surface area contributed by atoms with Crippen LogP contribution < -0.4 is 51.1 Å². The zero-order valence-electron chi connectivity index (χ0n) is 35.5. The molecule has 0 aromatic carbocycles. The first-order chi connectivity index (χ1) is 23.2. The number of hydrogen-bond acceptors (Lipinski definition) is 15. The molecule has 0 aliphatic rings. The molecule has 0 radical (unpaired) electrons. The molecule has 0 saturated heterocycles. The topological polar surface area (TPSA) is 277 Å². The molecule has 52 heavy (non-hydrogen) atoms. The Labute approximate surface area is 351 Å². The largest absolute Gasteiger partial charge is 5.00 e. The van der Waals surface area contributed by atoms with Crippen LogP contribution in [0.2, 0.25) is 0 Å². The van der Waals surface area contributed by atoms with Crippen molar-refractivity contribution >= 4 is 0 Å². The van der Waals surface area contributed by atoms with Gasteiger partial charge in [0.1, 0.15) is 0 Å². The third-order valence-corrected chi connectivity index (χ3v) is 2.16. The normalized spacial score (nSPS) is 8.65. The quantitative estimate of drug-likeness (QED) is 0.111. The Bertz CT molecular complexity index is 290. The first-order valence-corrected chi connectivity index (χ1v) is 17.3. The predicted molar refractivity (Wildman–Crippen MR) is 182 cm³/mol. The monoisotopic (exact) mass is 926 g/mol. The Morgan fingerprint density at radius 3 is 0.385 bits per heavy atom. The van der Waals surface area contributed by atoms with Gasteiger partial charge in [-0.15, -0.1) is 63.6 Å². The fraction of sp³-hybridized carbons (Fsp3) is 1.00. The second-order valence-corrected chi connectivity index (χ2v) is 9.75. The van der Waals surface area contributed by atoms with Crippen molar-refractivity contribution in [3.05, 3.63) is 0 Å². The van der Waals surface area contributed by atoms with Crippen molar-refractivity contribution in [3.63, 3.8) is 0 Å². The molecule has 0 unspecified atom stereocenters. The summed E-state index contributed by atoms with van der Waals surface area (Å²) in [4.78, 5) is 0. The van der Waals surface area contributed by atoms with Crippen LogP contribution in [0.3, 0.4) is 0 Å². The van der Waals surface area contributed by atoms with Crippen LogP contribution in [0, 0.1) is 0 Å². The van der Waals surface area contributed by atoms with E-state index in [9.17, 15) is 51.1 Å². The van der Waals surface area contributed by atoms with Crippen LogP contribution in [0.5, 0.6) is 0 Å². The molecule has 0 atom stereocenters. The summed E-state index contributed by atoms with van der Waals surface area (Å²) < 4.78 is 23.4. The maximum atomic E-state index is 9.56. The van der Waals surface area contributed by atoms with Crippen LogP contribution in [-0.2, 0) is 68.4 Å². The van der Waals surface area contributed by atoms with Gasteiger partial charge in [0.05, 0.1) is 0 Å². The molecule has 320 valence electrons. The van der Waals surface area contributed by atoms with E-state index in [0.717, 1.165) is 0 Å². The molecule has 0 amide bonds. The maximum absolute atomic E-state index is 9.56. The van der Waals surface area contributed by atoms with Crippen LogP contribution in [0.1, 0.15) is 104 Å². The molecule has 0 fully saturated rings. The smallest absolute Gasteiger partial charge is 0.853 e. The molecule has 0 spiro atoms. The average Bonchev–Trinajstić information content (AvgIpc) is 2.99. The van der Waals surface area contributed by atoms with Gasteiger partial charge in [0, 0.05) is 66.1 Å². The van der Waals surface area contributed by atoms with Gasteiger partial charge in [0.25, 0.3) is 0 Å². The number of hydrogen-bond donors (Lipinski definition) is 0. The third-order valence-electron chi connectivity index (χ3n) is 2.16. The van der Waals surface area contributed by atoms with E-state index in [-0.39, 0.29) is 77.8 Å². The van der Waals surface area contributed by atoms with Crippen LogP contribution in [0.4, 0.5) is 0 Å². The molecule has 17 heteroatoms. The zero-order valence-corrected chi connectivity index (χ0v) is 39.9. The van der Waals surface area contributed by atoms with E-state index in [2.05, 4.69) is 23.7 Å². The van der Waals surface area contributed by atoms with Gasteiger partial charge in [0.2, 0.25) is 0 Å². The van der Waals surface area contributed by atoms with E-state index >= 15 is 0 Å². The number of rotatable bonds is 15. The van der Waals surface area contributed by atoms with Crippen molar-refractivity contribution < 1.29 is 120 Å². The van der Waals surface area contributed by atoms with Crippen molar-refractivity contribution in [1.29, 1.82) is 0 Å². The predicted octanol–water partition coefficient (Wildman–Crippen LogP) is -4.31. The van der Waals surface area contributed by atoms with Crippen LogP contribution in [0.25, 0.3) is 0 Å². The molecule has 0 bridgehead atoms. The van der Waals surface area contributed by atoms with E-state index in [1.807, 2.05) is 34.6 Å². The second kappa shape index (κ2) is 104. The SMILES string of the molecule is CC(C)[O-].CC(C)[O-].CC(C)[O-].CC(C)[O-].CC(C)[O-].CCOCC[O-].CCOCC[O-].CCOCC[O-].CCOCC[O-].CCOCC[O-].[Nb+5].[Nb+5]. The van der Waals surface area contributed by atoms with Gasteiger partial charge in [-0.1, -0.05) is 69.2 Å². The fourth-order valence-electron chi connectivity index (χ4n) is 1.02. The van der Waals surface area contributed by atoms with Gasteiger partial charge in [-0.25, -0.2) is 0 Å². The molecule has 0 aliphatic heterocycles. The van der Waals surface area contributed by atoms with E-state index in [1.165, 1.54) is 0 Å². The molecular weight excluding hydrogens is 846 g/mol. The average molecular weight is 927 g/mol. The Morgan fingerprint density at radius 1 is 0.288 bits per heavy atom. The number of ether oxygens (including phenoxy) is 5. The van der Waals surface area contributed by atoms with Gasteiger partial charge in [-0.3, -0.25) is 0 Å². The van der Waals surface area contributed by atoms with E-state index < -0.39 is 30.5 Å². The van der Waals surface area contributed by atoms with E-state index in [1.54, 1.807) is 69.2 Å². The van der Waals surface area contributed by atoms with Crippen LogP contribution in [-0.4, -0.2) is 130 Å². The summed E-state index contributed by atoms with van der Waals surface area (Å²) in [7, 11) is 0.